The SMILES string of the molecule is COc1cc(N2CCN(C(=O)CCn3nc(-c4nnco4)c(Cl)c3C)[C@@H](C)C2)ccc1Cl. The molecule has 1 amide bonds. The highest BCUT2D eigenvalue weighted by molar-refractivity contribution is 6.33. The first-order valence-corrected chi connectivity index (χ1v) is 11.0. The van der Waals surface area contributed by atoms with E-state index in [1.54, 1.807) is 11.8 Å². The molecule has 4 rings (SSSR count). The Balaban J connectivity index is 1.38. The first-order chi connectivity index (χ1) is 15.4. The summed E-state index contributed by atoms with van der Waals surface area (Å²) in [5.41, 5.74) is 2.21. The van der Waals surface area contributed by atoms with Gasteiger partial charge < -0.3 is 19.0 Å². The summed E-state index contributed by atoms with van der Waals surface area (Å²) in [6.07, 6.45) is 1.55. The van der Waals surface area contributed by atoms with Crippen LogP contribution in [0.15, 0.2) is 29.0 Å². The Morgan fingerprint density at radius 1 is 1.31 bits per heavy atom. The quantitative estimate of drug-likeness (QED) is 0.533. The molecule has 1 aliphatic rings. The monoisotopic (exact) mass is 478 g/mol. The number of benzene rings is 1. The molecule has 32 heavy (non-hydrogen) atoms. The van der Waals surface area contributed by atoms with Gasteiger partial charge in [-0.15, -0.1) is 10.2 Å². The van der Waals surface area contributed by atoms with E-state index in [-0.39, 0.29) is 17.8 Å². The number of aromatic nitrogens is 4. The van der Waals surface area contributed by atoms with Crippen LogP contribution in [0, 0.1) is 6.92 Å². The van der Waals surface area contributed by atoms with E-state index in [1.807, 2.05) is 30.0 Å². The van der Waals surface area contributed by atoms with Gasteiger partial charge in [-0.1, -0.05) is 23.2 Å². The van der Waals surface area contributed by atoms with E-state index in [1.165, 1.54) is 6.39 Å². The van der Waals surface area contributed by atoms with E-state index in [0.717, 1.165) is 24.5 Å². The minimum absolute atomic E-state index is 0.0641. The predicted molar refractivity (Wildman–Crippen MR) is 121 cm³/mol. The van der Waals surface area contributed by atoms with Crippen molar-refractivity contribution in [2.24, 2.45) is 0 Å². The topological polar surface area (TPSA) is 89.5 Å². The second-order valence-corrected chi connectivity index (χ2v) is 8.45. The first-order valence-electron chi connectivity index (χ1n) is 10.3. The summed E-state index contributed by atoms with van der Waals surface area (Å²) in [5.74, 6) is 0.978. The summed E-state index contributed by atoms with van der Waals surface area (Å²) in [6.45, 7) is 6.42. The average molecular weight is 479 g/mol. The Morgan fingerprint density at radius 3 is 2.81 bits per heavy atom. The Bertz CT molecular complexity index is 1100. The van der Waals surface area contributed by atoms with Crippen LogP contribution in [0.1, 0.15) is 19.0 Å². The van der Waals surface area contributed by atoms with Gasteiger partial charge in [-0.3, -0.25) is 9.48 Å². The van der Waals surface area contributed by atoms with E-state index in [2.05, 4.69) is 27.1 Å². The van der Waals surface area contributed by atoms with Crippen molar-refractivity contribution in [1.29, 1.82) is 0 Å². The van der Waals surface area contributed by atoms with Crippen LogP contribution < -0.4 is 9.64 Å². The molecule has 1 saturated heterocycles. The molecule has 0 unspecified atom stereocenters. The van der Waals surface area contributed by atoms with E-state index in [4.69, 9.17) is 32.4 Å². The van der Waals surface area contributed by atoms with Crippen molar-refractivity contribution in [1.82, 2.24) is 24.9 Å². The summed E-state index contributed by atoms with van der Waals surface area (Å²) < 4.78 is 12.2. The van der Waals surface area contributed by atoms with E-state index in [0.29, 0.717) is 41.0 Å². The van der Waals surface area contributed by atoms with Gasteiger partial charge in [0, 0.05) is 43.9 Å². The number of carbonyl (C=O) groups excluding carboxylic acids is 1. The lowest BCUT2D eigenvalue weighted by Gasteiger charge is -2.41. The zero-order valence-corrected chi connectivity index (χ0v) is 19.6. The number of carbonyl (C=O) groups is 1. The molecule has 0 aliphatic carbocycles. The van der Waals surface area contributed by atoms with Crippen molar-refractivity contribution in [3.8, 4) is 17.3 Å². The molecule has 11 heteroatoms. The fourth-order valence-corrected chi connectivity index (χ4v) is 4.32. The number of aryl methyl sites for hydroxylation is 1. The Hall–Kier alpha value is -2.78. The highest BCUT2D eigenvalue weighted by Gasteiger charge is 2.28. The maximum Gasteiger partial charge on any atom is 0.269 e. The number of nitrogens with zero attached hydrogens (tertiary/aromatic N) is 6. The van der Waals surface area contributed by atoms with Crippen LogP contribution in [0.5, 0.6) is 5.75 Å². The van der Waals surface area contributed by atoms with E-state index >= 15 is 0 Å². The first kappa shape index (κ1) is 22.4. The maximum absolute atomic E-state index is 13.0. The summed E-state index contributed by atoms with van der Waals surface area (Å²) >= 11 is 12.5. The minimum atomic E-state index is 0.0641. The summed E-state index contributed by atoms with van der Waals surface area (Å²) in [4.78, 5) is 17.1. The third kappa shape index (κ3) is 4.40. The average Bonchev–Trinajstić information content (AvgIpc) is 3.41. The molecule has 3 aromatic rings. The largest absolute Gasteiger partial charge is 0.495 e. The third-order valence-electron chi connectivity index (χ3n) is 5.68. The fourth-order valence-electron chi connectivity index (χ4n) is 3.91. The molecule has 170 valence electrons. The number of piperazine rings is 1. The third-order valence-corrected chi connectivity index (χ3v) is 6.45. The van der Waals surface area contributed by atoms with Gasteiger partial charge in [-0.25, -0.2) is 0 Å². The lowest BCUT2D eigenvalue weighted by atomic mass is 10.1. The lowest BCUT2D eigenvalue weighted by molar-refractivity contribution is -0.133. The molecule has 0 N–H and O–H groups in total. The standard InChI is InChI=1S/C21H24Cl2N6O3/c1-13-11-27(15-4-5-16(22)17(10-15)31-3)8-9-28(13)18(30)6-7-29-14(2)19(23)20(26-29)21-25-24-12-32-21/h4-5,10,12-13H,6-9,11H2,1-3H3/t13-/m0/s1. The molecule has 1 atom stereocenters. The number of hydrogen-bond acceptors (Lipinski definition) is 7. The molecular formula is C21H24Cl2N6O3. The van der Waals surface area contributed by atoms with Gasteiger partial charge in [0.15, 0.2) is 5.69 Å². The number of rotatable bonds is 6. The highest BCUT2D eigenvalue weighted by Crippen LogP contribution is 2.31. The van der Waals surface area contributed by atoms with Crippen LogP contribution in [-0.2, 0) is 11.3 Å². The summed E-state index contributed by atoms with van der Waals surface area (Å²) in [5, 5.41) is 13.0. The van der Waals surface area contributed by atoms with Crippen molar-refractivity contribution in [3.05, 3.63) is 40.3 Å². The van der Waals surface area contributed by atoms with Crippen molar-refractivity contribution >= 4 is 34.8 Å². The molecule has 0 bridgehead atoms. The molecule has 1 aromatic carbocycles. The summed E-state index contributed by atoms with van der Waals surface area (Å²) in [7, 11) is 1.60. The second-order valence-electron chi connectivity index (χ2n) is 7.67. The molecule has 0 radical (unpaired) electrons. The summed E-state index contributed by atoms with van der Waals surface area (Å²) in [6, 6.07) is 5.80. The minimum Gasteiger partial charge on any atom is -0.495 e. The van der Waals surface area contributed by atoms with Crippen molar-refractivity contribution < 1.29 is 13.9 Å². The number of halogens is 2. The normalized spacial score (nSPS) is 16.5. The van der Waals surface area contributed by atoms with Crippen molar-refractivity contribution in [2.75, 3.05) is 31.6 Å². The molecule has 9 nitrogen and oxygen atoms in total. The van der Waals surface area contributed by atoms with Gasteiger partial charge in [0.25, 0.3) is 5.89 Å². The zero-order valence-electron chi connectivity index (χ0n) is 18.1. The van der Waals surface area contributed by atoms with Crippen LogP contribution in [0.25, 0.3) is 11.6 Å². The number of amides is 1. The second kappa shape index (κ2) is 9.38. The fraction of sp³-hybridized carbons (Fsp3) is 0.429. The van der Waals surface area contributed by atoms with E-state index in [9.17, 15) is 4.79 Å². The Labute approximate surface area is 195 Å². The lowest BCUT2D eigenvalue weighted by Crippen LogP contribution is -2.54. The molecule has 1 aliphatic heterocycles. The molecule has 1 fully saturated rings. The smallest absolute Gasteiger partial charge is 0.269 e. The number of ether oxygens (including phenoxy) is 1. The van der Waals surface area contributed by atoms with Gasteiger partial charge in [0.1, 0.15) is 5.75 Å². The van der Waals surface area contributed by atoms with Crippen LogP contribution in [0.4, 0.5) is 5.69 Å². The predicted octanol–water partition coefficient (Wildman–Crippen LogP) is 3.68. The molecule has 3 heterocycles. The van der Waals surface area contributed by atoms with Gasteiger partial charge >= 0.3 is 0 Å². The van der Waals surface area contributed by atoms with Crippen molar-refractivity contribution in [2.45, 2.75) is 32.9 Å². The number of hydrogen-bond donors (Lipinski definition) is 0. The number of anilines is 1. The Kier molecular flexibility index (Phi) is 6.57. The van der Waals surface area contributed by atoms with Crippen molar-refractivity contribution in [3.63, 3.8) is 0 Å². The van der Waals surface area contributed by atoms with Gasteiger partial charge in [0.05, 0.1) is 29.4 Å². The Morgan fingerprint density at radius 2 is 2.12 bits per heavy atom. The van der Waals surface area contributed by atoms with Gasteiger partial charge in [-0.05, 0) is 26.0 Å². The molecule has 2 aromatic heterocycles. The van der Waals surface area contributed by atoms with E-state index < -0.39 is 0 Å². The maximum atomic E-state index is 13.0. The molecular weight excluding hydrogens is 455 g/mol. The van der Waals surface area contributed by atoms with Crippen LogP contribution in [-0.4, -0.2) is 63.6 Å². The van der Waals surface area contributed by atoms with Gasteiger partial charge in [-0.2, -0.15) is 5.10 Å². The number of methoxy groups -OCH3 is 1. The van der Waals surface area contributed by atoms with Gasteiger partial charge in [0.2, 0.25) is 12.3 Å². The molecule has 0 saturated carbocycles. The van der Waals surface area contributed by atoms with Crippen LogP contribution in [0.3, 0.4) is 0 Å². The molecule has 0 spiro atoms. The van der Waals surface area contributed by atoms with Crippen LogP contribution in [0.2, 0.25) is 10.0 Å². The zero-order chi connectivity index (χ0) is 22.8. The highest BCUT2D eigenvalue weighted by atomic mass is 35.5. The van der Waals surface area contributed by atoms with Crippen LogP contribution >= 0.6 is 23.2 Å².